The van der Waals surface area contributed by atoms with E-state index >= 15 is 0 Å². The molecule has 84 valence electrons. The van der Waals surface area contributed by atoms with Gasteiger partial charge in [0.25, 0.3) is 0 Å². The highest BCUT2D eigenvalue weighted by atomic mass is 16.3. The van der Waals surface area contributed by atoms with E-state index in [-0.39, 0.29) is 6.42 Å². The van der Waals surface area contributed by atoms with Crippen molar-refractivity contribution in [2.45, 2.75) is 58.5 Å². The summed E-state index contributed by atoms with van der Waals surface area (Å²) in [5.41, 5.74) is 4.25. The van der Waals surface area contributed by atoms with E-state index in [9.17, 15) is 9.90 Å². The fourth-order valence-electron chi connectivity index (χ4n) is 1.85. The van der Waals surface area contributed by atoms with Gasteiger partial charge in [-0.15, -0.1) is 0 Å². The van der Waals surface area contributed by atoms with E-state index < -0.39 is 11.5 Å². The van der Waals surface area contributed by atoms with Gasteiger partial charge in [0.15, 0.2) is 0 Å². The molecule has 0 rings (SSSR count). The summed E-state index contributed by atoms with van der Waals surface area (Å²) >= 11 is 0. The van der Waals surface area contributed by atoms with Crippen molar-refractivity contribution in [3.63, 3.8) is 0 Å². The molecule has 0 aliphatic rings. The average molecular weight is 201 g/mol. The SMILES string of the molecule is CCCCC(O)(CC(N)=O)CC(C)C. The van der Waals surface area contributed by atoms with Crippen LogP contribution in [-0.2, 0) is 4.79 Å². The molecule has 0 aromatic carbocycles. The molecule has 0 aromatic rings. The molecule has 1 amide bonds. The number of carbonyl (C=O) groups excluding carboxylic acids is 1. The monoisotopic (exact) mass is 201 g/mol. The number of nitrogens with two attached hydrogens (primary N) is 1. The highest BCUT2D eigenvalue weighted by Gasteiger charge is 2.29. The van der Waals surface area contributed by atoms with Crippen LogP contribution in [0.1, 0.15) is 52.9 Å². The van der Waals surface area contributed by atoms with Crippen LogP contribution in [0.15, 0.2) is 0 Å². The van der Waals surface area contributed by atoms with E-state index in [1.165, 1.54) is 0 Å². The second-order valence-electron chi connectivity index (χ2n) is 4.57. The van der Waals surface area contributed by atoms with Crippen molar-refractivity contribution in [2.75, 3.05) is 0 Å². The third-order valence-electron chi connectivity index (χ3n) is 2.29. The molecule has 0 bridgehead atoms. The summed E-state index contributed by atoms with van der Waals surface area (Å²) in [7, 11) is 0. The molecule has 0 radical (unpaired) electrons. The molecule has 0 heterocycles. The number of unbranched alkanes of at least 4 members (excludes halogenated alkanes) is 1. The van der Waals surface area contributed by atoms with Gasteiger partial charge in [0, 0.05) is 0 Å². The fourth-order valence-corrected chi connectivity index (χ4v) is 1.85. The number of hydrogen-bond acceptors (Lipinski definition) is 2. The van der Waals surface area contributed by atoms with E-state index in [4.69, 9.17) is 5.73 Å². The zero-order chi connectivity index (χ0) is 11.2. The van der Waals surface area contributed by atoms with Crippen molar-refractivity contribution >= 4 is 5.91 Å². The van der Waals surface area contributed by atoms with Crippen LogP contribution >= 0.6 is 0 Å². The van der Waals surface area contributed by atoms with Gasteiger partial charge in [0.05, 0.1) is 12.0 Å². The van der Waals surface area contributed by atoms with Gasteiger partial charge in [-0.25, -0.2) is 0 Å². The third-order valence-corrected chi connectivity index (χ3v) is 2.29. The zero-order valence-corrected chi connectivity index (χ0v) is 9.55. The molecule has 0 saturated carbocycles. The number of primary amides is 1. The van der Waals surface area contributed by atoms with E-state index in [0.29, 0.717) is 18.8 Å². The number of amides is 1. The summed E-state index contributed by atoms with van der Waals surface area (Å²) in [6.07, 6.45) is 3.38. The second-order valence-corrected chi connectivity index (χ2v) is 4.57. The highest BCUT2D eigenvalue weighted by molar-refractivity contribution is 5.74. The molecule has 3 nitrogen and oxygen atoms in total. The number of carbonyl (C=O) groups is 1. The Labute approximate surface area is 86.7 Å². The van der Waals surface area contributed by atoms with E-state index in [0.717, 1.165) is 12.8 Å². The standard InChI is InChI=1S/C11H23NO2/c1-4-5-6-11(14,7-9(2)3)8-10(12)13/h9,14H,4-8H2,1-3H3,(H2,12,13). The Morgan fingerprint density at radius 3 is 2.43 bits per heavy atom. The molecular weight excluding hydrogens is 178 g/mol. The first kappa shape index (κ1) is 13.4. The minimum atomic E-state index is -0.879. The Balaban J connectivity index is 4.24. The maximum atomic E-state index is 10.8. The molecule has 0 saturated heterocycles. The second kappa shape index (κ2) is 6.02. The van der Waals surface area contributed by atoms with Crippen LogP contribution in [0.2, 0.25) is 0 Å². The van der Waals surface area contributed by atoms with Crippen LogP contribution in [0.4, 0.5) is 0 Å². The lowest BCUT2D eigenvalue weighted by Crippen LogP contribution is -2.35. The third kappa shape index (κ3) is 5.97. The van der Waals surface area contributed by atoms with Gasteiger partial charge < -0.3 is 10.8 Å². The highest BCUT2D eigenvalue weighted by Crippen LogP contribution is 2.26. The molecule has 0 aromatic heterocycles. The van der Waals surface area contributed by atoms with Crippen molar-refractivity contribution in [2.24, 2.45) is 11.7 Å². The Hall–Kier alpha value is -0.570. The summed E-state index contributed by atoms with van der Waals surface area (Å²) in [6.45, 7) is 6.15. The number of rotatable bonds is 7. The maximum absolute atomic E-state index is 10.8. The minimum Gasteiger partial charge on any atom is -0.389 e. The van der Waals surface area contributed by atoms with Gasteiger partial charge in [0.2, 0.25) is 5.91 Å². The summed E-state index contributed by atoms with van der Waals surface area (Å²) in [6, 6.07) is 0. The number of aliphatic hydroxyl groups is 1. The maximum Gasteiger partial charge on any atom is 0.220 e. The Morgan fingerprint density at radius 1 is 1.50 bits per heavy atom. The molecular formula is C11H23NO2. The average Bonchev–Trinajstić information content (AvgIpc) is 1.97. The first-order valence-electron chi connectivity index (χ1n) is 5.40. The fraction of sp³-hybridized carbons (Fsp3) is 0.909. The van der Waals surface area contributed by atoms with Crippen LogP contribution in [0.25, 0.3) is 0 Å². The van der Waals surface area contributed by atoms with Crippen molar-refractivity contribution in [1.82, 2.24) is 0 Å². The van der Waals surface area contributed by atoms with Crippen LogP contribution in [0, 0.1) is 5.92 Å². The van der Waals surface area contributed by atoms with Gasteiger partial charge in [-0.1, -0.05) is 33.6 Å². The van der Waals surface area contributed by atoms with Crippen LogP contribution < -0.4 is 5.73 Å². The Morgan fingerprint density at radius 2 is 2.07 bits per heavy atom. The summed E-state index contributed by atoms with van der Waals surface area (Å²) in [5, 5.41) is 10.2. The topological polar surface area (TPSA) is 63.3 Å². The van der Waals surface area contributed by atoms with Crippen LogP contribution in [0.3, 0.4) is 0 Å². The molecule has 0 aliphatic heterocycles. The largest absolute Gasteiger partial charge is 0.389 e. The van der Waals surface area contributed by atoms with E-state index in [1.54, 1.807) is 0 Å². The summed E-state index contributed by atoms with van der Waals surface area (Å²) < 4.78 is 0. The van der Waals surface area contributed by atoms with Crippen LogP contribution in [0.5, 0.6) is 0 Å². The summed E-state index contributed by atoms with van der Waals surface area (Å²) in [4.78, 5) is 10.8. The van der Waals surface area contributed by atoms with Gasteiger partial charge in [-0.3, -0.25) is 4.79 Å². The predicted octanol–water partition coefficient (Wildman–Crippen LogP) is 1.83. The lowest BCUT2D eigenvalue weighted by Gasteiger charge is -2.28. The quantitative estimate of drug-likeness (QED) is 0.660. The van der Waals surface area contributed by atoms with Gasteiger partial charge in [-0.2, -0.15) is 0 Å². The molecule has 3 N–H and O–H groups in total. The molecule has 0 fully saturated rings. The normalized spacial score (nSPS) is 15.5. The van der Waals surface area contributed by atoms with Crippen molar-refractivity contribution < 1.29 is 9.90 Å². The molecule has 1 unspecified atom stereocenters. The molecule has 1 atom stereocenters. The van der Waals surface area contributed by atoms with Crippen molar-refractivity contribution in [3.8, 4) is 0 Å². The van der Waals surface area contributed by atoms with Crippen molar-refractivity contribution in [3.05, 3.63) is 0 Å². The molecule has 3 heteroatoms. The lowest BCUT2D eigenvalue weighted by molar-refractivity contribution is -0.124. The predicted molar refractivity (Wildman–Crippen MR) is 57.7 cm³/mol. The Kier molecular flexibility index (Phi) is 5.77. The first-order valence-corrected chi connectivity index (χ1v) is 5.40. The van der Waals surface area contributed by atoms with Crippen LogP contribution in [-0.4, -0.2) is 16.6 Å². The minimum absolute atomic E-state index is 0.0885. The smallest absolute Gasteiger partial charge is 0.220 e. The number of hydrogen-bond donors (Lipinski definition) is 2. The van der Waals surface area contributed by atoms with Gasteiger partial charge >= 0.3 is 0 Å². The van der Waals surface area contributed by atoms with Gasteiger partial charge in [-0.05, 0) is 18.8 Å². The van der Waals surface area contributed by atoms with Crippen molar-refractivity contribution in [1.29, 1.82) is 0 Å². The molecule has 14 heavy (non-hydrogen) atoms. The van der Waals surface area contributed by atoms with Gasteiger partial charge in [0.1, 0.15) is 0 Å². The van der Waals surface area contributed by atoms with E-state index in [1.807, 2.05) is 13.8 Å². The first-order chi connectivity index (χ1) is 6.39. The Bertz CT molecular complexity index is 180. The molecule has 0 aliphatic carbocycles. The molecule has 0 spiro atoms. The van der Waals surface area contributed by atoms with E-state index in [2.05, 4.69) is 6.92 Å². The zero-order valence-electron chi connectivity index (χ0n) is 9.55. The summed E-state index contributed by atoms with van der Waals surface area (Å²) in [5.74, 6) is -0.0274. The lowest BCUT2D eigenvalue weighted by atomic mass is 9.85.